The number of thioether (sulfide) groups is 1. The number of benzene rings is 1. The van der Waals surface area contributed by atoms with E-state index in [4.69, 9.17) is 16.0 Å². The summed E-state index contributed by atoms with van der Waals surface area (Å²) in [4.78, 5) is 55.2. The molecule has 5 rings (SSSR count). The molecule has 44 heavy (non-hydrogen) atoms. The van der Waals surface area contributed by atoms with Gasteiger partial charge in [-0.15, -0.1) is 4.57 Å². The van der Waals surface area contributed by atoms with Gasteiger partial charge in [-0.1, -0.05) is 35.1 Å². The van der Waals surface area contributed by atoms with E-state index >= 15 is 0 Å². The van der Waals surface area contributed by atoms with E-state index in [0.29, 0.717) is 50.3 Å². The molecule has 4 atom stereocenters. The molecule has 4 heterocycles. The minimum absolute atomic E-state index is 0.0882. The van der Waals surface area contributed by atoms with E-state index in [0.717, 1.165) is 0 Å². The van der Waals surface area contributed by atoms with Crippen LogP contribution in [-0.2, 0) is 20.9 Å². The van der Waals surface area contributed by atoms with Crippen LogP contribution in [0.1, 0.15) is 36.4 Å². The number of nitrogens with two attached hydrogens (primary N) is 1. The van der Waals surface area contributed by atoms with Crippen molar-refractivity contribution in [2.75, 3.05) is 12.3 Å². The van der Waals surface area contributed by atoms with Gasteiger partial charge in [-0.25, -0.2) is 9.59 Å². The van der Waals surface area contributed by atoms with E-state index in [1.807, 2.05) is 18.2 Å². The van der Waals surface area contributed by atoms with E-state index in [-0.39, 0.29) is 29.8 Å². The maximum Gasteiger partial charge on any atom is 0.411 e. The number of nitro groups is 1. The Morgan fingerprint density at radius 1 is 1.36 bits per heavy atom. The molecule has 0 aliphatic carbocycles. The number of imidazole rings is 1. The third kappa shape index (κ3) is 5.27. The SMILES string of the molecule is Cc1c(C2=C(C(=O)OCc3ccc([N+](=O)[O-])cc3)N3C(=O)[C@H]([C@@H](C)O)[C@H]3[C@H]2C)sc2c(SCCCN=[N+]=[N-])n(C(N)=O)c[n+]12. The molecule has 2 amide bonds. The highest BCUT2D eigenvalue weighted by Crippen LogP contribution is 2.52. The molecule has 0 radical (unpaired) electrons. The molecule has 17 heteroatoms. The normalized spacial score (nSPS) is 19.9. The Hall–Kier alpha value is -4.44. The molecule has 15 nitrogen and oxygen atoms in total. The Kier molecular flexibility index (Phi) is 8.65. The molecule has 3 aromatic rings. The summed E-state index contributed by atoms with van der Waals surface area (Å²) in [6, 6.07) is 4.49. The predicted octanol–water partition coefficient (Wildman–Crippen LogP) is 3.54. The van der Waals surface area contributed by atoms with Gasteiger partial charge < -0.3 is 20.5 Å². The number of aromatic nitrogens is 2. The van der Waals surface area contributed by atoms with Crippen LogP contribution in [0.15, 0.2) is 46.4 Å². The van der Waals surface area contributed by atoms with Crippen molar-refractivity contribution in [1.29, 1.82) is 0 Å². The lowest BCUT2D eigenvalue weighted by Gasteiger charge is -2.46. The summed E-state index contributed by atoms with van der Waals surface area (Å²) in [5.74, 6) is -1.58. The molecule has 0 bridgehead atoms. The van der Waals surface area contributed by atoms with Crippen LogP contribution >= 0.6 is 23.1 Å². The first-order chi connectivity index (χ1) is 21.0. The first-order valence-corrected chi connectivity index (χ1v) is 15.4. The van der Waals surface area contributed by atoms with Crippen molar-refractivity contribution in [3.63, 3.8) is 0 Å². The molecular formula is C27H29N8O7S2+. The fourth-order valence-corrected chi connectivity index (χ4v) is 8.28. The Balaban J connectivity index is 1.54. The zero-order valence-corrected chi connectivity index (χ0v) is 25.6. The first kappa shape index (κ1) is 31.0. The van der Waals surface area contributed by atoms with Crippen LogP contribution in [-0.4, -0.2) is 61.8 Å². The minimum atomic E-state index is -0.925. The largest absolute Gasteiger partial charge is 0.456 e. The number of rotatable bonds is 11. The number of aryl methyl sites for hydroxylation is 1. The number of ether oxygens (including phenoxy) is 1. The van der Waals surface area contributed by atoms with Crippen molar-refractivity contribution >= 4 is 57.1 Å². The number of thiazole rings is 1. The molecule has 3 N–H and O–H groups in total. The van der Waals surface area contributed by atoms with Crippen molar-refractivity contribution in [2.24, 2.45) is 22.7 Å². The van der Waals surface area contributed by atoms with Crippen molar-refractivity contribution < 1.29 is 33.6 Å². The predicted molar refractivity (Wildman–Crippen MR) is 159 cm³/mol. The quantitative estimate of drug-likeness (QED) is 0.0301. The van der Waals surface area contributed by atoms with Crippen LogP contribution in [0.4, 0.5) is 10.5 Å². The maximum absolute atomic E-state index is 13.7. The molecule has 2 aromatic heterocycles. The van der Waals surface area contributed by atoms with Gasteiger partial charge in [0.15, 0.2) is 0 Å². The van der Waals surface area contributed by atoms with Gasteiger partial charge in [0.25, 0.3) is 12.0 Å². The summed E-state index contributed by atoms with van der Waals surface area (Å²) in [6.07, 6.45) is 1.23. The lowest BCUT2D eigenvalue weighted by Crippen LogP contribution is -2.63. The maximum atomic E-state index is 13.7. The molecule has 2 aliphatic heterocycles. The number of carbonyl (C=O) groups is 3. The van der Waals surface area contributed by atoms with Gasteiger partial charge in [0, 0.05) is 40.8 Å². The van der Waals surface area contributed by atoms with Crippen LogP contribution in [0.2, 0.25) is 0 Å². The number of fused-ring (bicyclic) bond motifs is 2. The monoisotopic (exact) mass is 641 g/mol. The third-order valence-electron chi connectivity index (χ3n) is 7.81. The van der Waals surface area contributed by atoms with Crippen LogP contribution in [0.25, 0.3) is 20.8 Å². The zero-order chi connectivity index (χ0) is 31.9. The number of β-lactam (4-membered cyclic amide) rings is 1. The number of aliphatic hydroxyl groups is 1. The Morgan fingerprint density at radius 3 is 2.68 bits per heavy atom. The second-order valence-corrected chi connectivity index (χ2v) is 12.6. The summed E-state index contributed by atoms with van der Waals surface area (Å²) >= 11 is 2.72. The number of nitrogens with zero attached hydrogens (tertiary/aromatic N) is 7. The number of aliphatic hydroxyl groups excluding tert-OH is 1. The number of hydrogen-bond donors (Lipinski definition) is 2. The number of non-ortho nitro benzene ring substituents is 1. The van der Waals surface area contributed by atoms with Gasteiger partial charge in [0.2, 0.25) is 15.8 Å². The number of primary amides is 1. The summed E-state index contributed by atoms with van der Waals surface area (Å²) in [5.41, 5.74) is 16.0. The molecule has 1 aromatic carbocycles. The molecule has 2 aliphatic rings. The number of carbonyl (C=O) groups excluding carboxylic acids is 3. The first-order valence-electron chi connectivity index (χ1n) is 13.6. The topological polar surface area (TPSA) is 211 Å². The van der Waals surface area contributed by atoms with E-state index in [9.17, 15) is 29.6 Å². The number of esters is 1. The van der Waals surface area contributed by atoms with Crippen LogP contribution in [0.5, 0.6) is 0 Å². The van der Waals surface area contributed by atoms with Gasteiger partial charge in [0.05, 0.1) is 27.9 Å². The Bertz CT molecular complexity index is 1760. The number of amides is 2. The fraction of sp³-hybridized carbons (Fsp3) is 0.407. The van der Waals surface area contributed by atoms with E-state index in [1.165, 1.54) is 56.8 Å². The van der Waals surface area contributed by atoms with Gasteiger partial charge in [-0.2, -0.15) is 4.40 Å². The van der Waals surface area contributed by atoms with Crippen molar-refractivity contribution in [3.05, 3.63) is 73.0 Å². The molecule has 1 saturated heterocycles. The summed E-state index contributed by atoms with van der Waals surface area (Å²) in [7, 11) is 0. The van der Waals surface area contributed by atoms with Crippen molar-refractivity contribution in [1.82, 2.24) is 9.47 Å². The molecule has 0 spiro atoms. The van der Waals surface area contributed by atoms with Crippen molar-refractivity contribution in [3.8, 4) is 0 Å². The standard InChI is InChI=1S/C27H28N8O7S2/c1-13-18(22-14(2)32-12-33(27(28)39)24(25(32)44-22)43-10-4-9-30-31-29)21(34-20(13)19(15(3)36)23(34)37)26(38)42-11-16-5-7-17(8-6-16)35(40)41/h5-8,12-13,15,19-20,36H,4,9-11H2,1-3H3,(H-,28,39)/p+1/t13-,15+,19+,20+/m0/s1. The van der Waals surface area contributed by atoms with E-state index in [1.54, 1.807) is 13.3 Å². The highest BCUT2D eigenvalue weighted by atomic mass is 32.2. The second kappa shape index (κ2) is 12.3. The highest BCUT2D eigenvalue weighted by Gasteiger charge is 2.60. The molecule has 230 valence electrons. The minimum Gasteiger partial charge on any atom is -0.456 e. The summed E-state index contributed by atoms with van der Waals surface area (Å²) in [5, 5.41) is 25.5. The fourth-order valence-electron chi connectivity index (χ4n) is 5.71. The third-order valence-corrected chi connectivity index (χ3v) is 10.4. The van der Waals surface area contributed by atoms with Crippen LogP contribution < -0.4 is 10.1 Å². The highest BCUT2D eigenvalue weighted by molar-refractivity contribution is 7.99. The lowest BCUT2D eigenvalue weighted by atomic mass is 9.77. The average molecular weight is 642 g/mol. The molecule has 0 unspecified atom stereocenters. The molecule has 0 saturated carbocycles. The summed E-state index contributed by atoms with van der Waals surface area (Å²) in [6.45, 7) is 5.41. The number of hydrogen-bond acceptors (Lipinski definition) is 10. The average Bonchev–Trinajstić information content (AvgIpc) is 3.58. The molecule has 1 fully saturated rings. The van der Waals surface area contributed by atoms with Gasteiger partial charge in [-0.05, 0) is 43.5 Å². The van der Waals surface area contributed by atoms with Gasteiger partial charge in [0.1, 0.15) is 18.0 Å². The smallest absolute Gasteiger partial charge is 0.411 e. The Labute approximate surface area is 258 Å². The number of nitro benzene ring substituents is 1. The Morgan fingerprint density at radius 2 is 2.07 bits per heavy atom. The second-order valence-electron chi connectivity index (χ2n) is 10.5. The van der Waals surface area contributed by atoms with Crippen LogP contribution in [0.3, 0.4) is 0 Å². The summed E-state index contributed by atoms with van der Waals surface area (Å²) < 4.78 is 8.78. The van der Waals surface area contributed by atoms with Gasteiger partial charge in [-0.3, -0.25) is 14.9 Å². The number of azide groups is 1. The van der Waals surface area contributed by atoms with Crippen LogP contribution in [0, 0.1) is 28.9 Å². The molecular weight excluding hydrogens is 612 g/mol. The zero-order valence-electron chi connectivity index (χ0n) is 23.9. The van der Waals surface area contributed by atoms with E-state index in [2.05, 4.69) is 10.0 Å². The van der Waals surface area contributed by atoms with E-state index < -0.39 is 35.0 Å². The van der Waals surface area contributed by atoms with Gasteiger partial charge >= 0.3 is 12.0 Å². The lowest BCUT2D eigenvalue weighted by molar-refractivity contribution is -0.515. The van der Waals surface area contributed by atoms with Crippen molar-refractivity contribution in [2.45, 2.75) is 51.0 Å².